The zero-order valence-electron chi connectivity index (χ0n) is 11.4. The molecule has 1 unspecified atom stereocenters. The molecule has 3 nitrogen and oxygen atoms in total. The monoisotopic (exact) mass is 335 g/mol. The lowest BCUT2D eigenvalue weighted by atomic mass is 10.3. The van der Waals surface area contributed by atoms with Crippen LogP contribution < -0.4 is 10.1 Å². The summed E-state index contributed by atoms with van der Waals surface area (Å²) in [4.78, 5) is 0. The average molecular weight is 336 g/mol. The van der Waals surface area contributed by atoms with E-state index in [2.05, 4.69) is 11.6 Å². The van der Waals surface area contributed by atoms with E-state index < -0.39 is 6.10 Å². The maximum Gasteiger partial charge on any atom is 0.138 e. The summed E-state index contributed by atoms with van der Waals surface area (Å²) in [6, 6.07) is 5.04. The molecule has 0 amide bonds. The predicted molar refractivity (Wildman–Crippen MR) is 86.3 cm³/mol. The Hall–Kier alpha value is -0.130. The molecule has 0 radical (unpaired) electrons. The molecule has 1 aliphatic carbocycles. The smallest absolute Gasteiger partial charge is 0.138 e. The van der Waals surface area contributed by atoms with Gasteiger partial charge in [-0.1, -0.05) is 23.2 Å². The molecule has 0 aromatic heterocycles. The minimum absolute atomic E-state index is 0.209. The number of hydrogen-bond donors (Lipinski definition) is 2. The summed E-state index contributed by atoms with van der Waals surface area (Å²) in [6.45, 7) is 1.67. The highest BCUT2D eigenvalue weighted by atomic mass is 35.5. The Morgan fingerprint density at radius 3 is 2.80 bits per heavy atom. The van der Waals surface area contributed by atoms with Crippen molar-refractivity contribution in [2.45, 2.75) is 23.7 Å². The average Bonchev–Trinajstić information content (AvgIpc) is 3.18. The summed E-state index contributed by atoms with van der Waals surface area (Å²) in [5.74, 6) is 0.540. The van der Waals surface area contributed by atoms with Crippen molar-refractivity contribution in [1.29, 1.82) is 0 Å². The lowest BCUT2D eigenvalue weighted by Gasteiger charge is -2.17. The van der Waals surface area contributed by atoms with Crippen LogP contribution >= 0.6 is 35.0 Å². The second kappa shape index (κ2) is 7.23. The highest BCUT2D eigenvalue weighted by Gasteiger charge is 2.41. The fraction of sp³-hybridized carbons (Fsp3) is 0.571. The number of rotatable bonds is 8. The van der Waals surface area contributed by atoms with Gasteiger partial charge in [-0.25, -0.2) is 0 Å². The van der Waals surface area contributed by atoms with E-state index in [4.69, 9.17) is 27.9 Å². The van der Waals surface area contributed by atoms with Crippen molar-refractivity contribution in [3.05, 3.63) is 28.2 Å². The lowest BCUT2D eigenvalue weighted by molar-refractivity contribution is 0.106. The first-order valence-corrected chi connectivity index (χ1v) is 8.54. The molecule has 1 aromatic rings. The summed E-state index contributed by atoms with van der Waals surface area (Å²) in [7, 11) is 0. The minimum atomic E-state index is -0.556. The van der Waals surface area contributed by atoms with Crippen LogP contribution in [0.3, 0.4) is 0 Å². The van der Waals surface area contributed by atoms with Crippen LogP contribution in [-0.2, 0) is 0 Å². The molecule has 1 fully saturated rings. The second-order valence-electron chi connectivity index (χ2n) is 5.06. The van der Waals surface area contributed by atoms with Gasteiger partial charge in [0.05, 0.1) is 5.02 Å². The van der Waals surface area contributed by atoms with Crippen LogP contribution in [0.15, 0.2) is 18.2 Å². The van der Waals surface area contributed by atoms with Crippen LogP contribution in [0.25, 0.3) is 0 Å². The predicted octanol–water partition coefficient (Wildman–Crippen LogP) is 3.22. The van der Waals surface area contributed by atoms with Crippen LogP contribution in [0.4, 0.5) is 0 Å². The molecular formula is C14H19Cl2NO2S. The molecule has 0 saturated heterocycles. The maximum absolute atomic E-state index is 9.88. The van der Waals surface area contributed by atoms with Gasteiger partial charge in [-0.05, 0) is 37.3 Å². The molecule has 2 N–H and O–H groups in total. The molecule has 2 rings (SSSR count). The van der Waals surface area contributed by atoms with Crippen LogP contribution in [0.2, 0.25) is 10.0 Å². The van der Waals surface area contributed by atoms with Gasteiger partial charge in [-0.15, -0.1) is 0 Å². The molecule has 20 heavy (non-hydrogen) atoms. The number of halogens is 2. The van der Waals surface area contributed by atoms with Crippen LogP contribution in [-0.4, -0.2) is 41.9 Å². The number of aliphatic hydroxyl groups is 1. The second-order valence-corrected chi connectivity index (χ2v) is 7.18. The number of benzene rings is 1. The van der Waals surface area contributed by atoms with E-state index in [-0.39, 0.29) is 6.61 Å². The van der Waals surface area contributed by atoms with E-state index in [0.717, 1.165) is 6.54 Å². The highest BCUT2D eigenvalue weighted by Crippen LogP contribution is 2.46. The van der Waals surface area contributed by atoms with Crippen LogP contribution in [0.1, 0.15) is 12.8 Å². The molecule has 112 valence electrons. The maximum atomic E-state index is 9.88. The van der Waals surface area contributed by atoms with Gasteiger partial charge in [-0.2, -0.15) is 11.8 Å². The first-order valence-electron chi connectivity index (χ1n) is 6.56. The van der Waals surface area contributed by atoms with Crippen LogP contribution in [0, 0.1) is 0 Å². The zero-order chi connectivity index (χ0) is 14.6. The van der Waals surface area contributed by atoms with E-state index in [1.54, 1.807) is 18.2 Å². The summed E-state index contributed by atoms with van der Waals surface area (Å²) >= 11 is 13.7. The number of aliphatic hydroxyl groups excluding tert-OH is 1. The van der Waals surface area contributed by atoms with E-state index >= 15 is 0 Å². The van der Waals surface area contributed by atoms with Crippen molar-refractivity contribution in [3.8, 4) is 5.75 Å². The van der Waals surface area contributed by atoms with Gasteiger partial charge in [-0.3, -0.25) is 0 Å². The quantitative estimate of drug-likeness (QED) is 0.765. The standard InChI is InChI=1S/C14H19Cl2NO2S/c1-20-14(4-5-14)9-17-7-11(18)8-19-13-3-2-10(15)6-12(13)16/h2-3,6,11,17-18H,4-5,7-9H2,1H3. The van der Waals surface area contributed by atoms with Crippen molar-refractivity contribution >= 4 is 35.0 Å². The molecular weight excluding hydrogens is 317 g/mol. The van der Waals surface area contributed by atoms with E-state index in [0.29, 0.717) is 27.1 Å². The number of ether oxygens (including phenoxy) is 1. The van der Waals surface area contributed by atoms with Gasteiger partial charge in [0.1, 0.15) is 18.5 Å². The van der Waals surface area contributed by atoms with E-state index in [1.807, 2.05) is 11.8 Å². The molecule has 0 heterocycles. The van der Waals surface area contributed by atoms with Crippen LogP contribution in [0.5, 0.6) is 5.75 Å². The summed E-state index contributed by atoms with van der Waals surface area (Å²) in [5, 5.41) is 14.2. The largest absolute Gasteiger partial charge is 0.489 e. The Labute approximate surface area is 134 Å². The Morgan fingerprint density at radius 2 is 2.20 bits per heavy atom. The molecule has 0 bridgehead atoms. The van der Waals surface area contributed by atoms with Crippen molar-refractivity contribution in [2.24, 2.45) is 0 Å². The van der Waals surface area contributed by atoms with Gasteiger partial charge in [0, 0.05) is 22.9 Å². The van der Waals surface area contributed by atoms with Gasteiger partial charge < -0.3 is 15.2 Å². The van der Waals surface area contributed by atoms with E-state index in [1.165, 1.54) is 12.8 Å². The van der Waals surface area contributed by atoms with Crippen molar-refractivity contribution in [3.63, 3.8) is 0 Å². The zero-order valence-corrected chi connectivity index (χ0v) is 13.7. The van der Waals surface area contributed by atoms with Crippen molar-refractivity contribution < 1.29 is 9.84 Å². The molecule has 1 aromatic carbocycles. The Balaban J connectivity index is 1.68. The first-order chi connectivity index (χ1) is 9.54. The summed E-state index contributed by atoms with van der Waals surface area (Å²) in [5.41, 5.74) is 0. The highest BCUT2D eigenvalue weighted by molar-refractivity contribution is 8.00. The molecule has 1 atom stereocenters. The summed E-state index contributed by atoms with van der Waals surface area (Å²) in [6.07, 6.45) is 4.10. The SMILES string of the molecule is CSC1(CNCC(O)COc2ccc(Cl)cc2Cl)CC1. The van der Waals surface area contributed by atoms with Gasteiger partial charge in [0.25, 0.3) is 0 Å². The van der Waals surface area contributed by atoms with Gasteiger partial charge in [0.2, 0.25) is 0 Å². The molecule has 0 spiro atoms. The Kier molecular flexibility index (Phi) is 5.87. The van der Waals surface area contributed by atoms with Crippen molar-refractivity contribution in [2.75, 3.05) is 26.0 Å². The first kappa shape index (κ1) is 16.2. The summed E-state index contributed by atoms with van der Waals surface area (Å²) < 4.78 is 5.90. The van der Waals surface area contributed by atoms with E-state index in [9.17, 15) is 5.11 Å². The number of nitrogens with one attached hydrogen (secondary N) is 1. The van der Waals surface area contributed by atoms with Gasteiger partial charge >= 0.3 is 0 Å². The molecule has 0 aliphatic heterocycles. The normalized spacial score (nSPS) is 17.8. The lowest BCUT2D eigenvalue weighted by Crippen LogP contribution is -2.35. The number of thioether (sulfide) groups is 1. The number of hydrogen-bond acceptors (Lipinski definition) is 4. The third-order valence-corrected chi connectivity index (χ3v) is 5.34. The van der Waals surface area contributed by atoms with Gasteiger partial charge in [0.15, 0.2) is 0 Å². The fourth-order valence-electron chi connectivity index (χ4n) is 1.90. The van der Waals surface area contributed by atoms with Crippen molar-refractivity contribution in [1.82, 2.24) is 5.32 Å². The fourth-order valence-corrected chi connectivity index (χ4v) is 3.12. The molecule has 6 heteroatoms. The third kappa shape index (κ3) is 4.71. The molecule has 1 saturated carbocycles. The third-order valence-electron chi connectivity index (χ3n) is 3.39. The Morgan fingerprint density at radius 1 is 1.45 bits per heavy atom. The Bertz CT molecular complexity index is 455. The topological polar surface area (TPSA) is 41.5 Å². The molecule has 1 aliphatic rings. The minimum Gasteiger partial charge on any atom is -0.489 e.